The van der Waals surface area contributed by atoms with Gasteiger partial charge in [0.1, 0.15) is 11.6 Å². The third-order valence-corrected chi connectivity index (χ3v) is 3.06. The average molecular weight is 238 g/mol. The first-order chi connectivity index (χ1) is 8.78. The van der Waals surface area contributed by atoms with Gasteiger partial charge in [-0.05, 0) is 30.7 Å². The minimum atomic E-state index is 0.838. The van der Waals surface area contributed by atoms with Crippen LogP contribution in [0.5, 0.6) is 5.75 Å². The predicted octanol–water partition coefficient (Wildman–Crippen LogP) is 3.55. The number of hydrogen-bond acceptors (Lipinski definition) is 2. The lowest BCUT2D eigenvalue weighted by Gasteiger charge is -2.01. The normalized spacial score (nSPS) is 10.8. The van der Waals surface area contributed by atoms with E-state index in [4.69, 9.17) is 4.74 Å². The van der Waals surface area contributed by atoms with Crippen LogP contribution < -0.4 is 4.74 Å². The maximum absolute atomic E-state index is 5.23. The highest BCUT2D eigenvalue weighted by Gasteiger charge is 2.07. The number of imidazole rings is 1. The summed E-state index contributed by atoms with van der Waals surface area (Å²) in [4.78, 5) is 7.98. The highest BCUT2D eigenvalue weighted by molar-refractivity contribution is 5.82. The Balaban J connectivity index is 2.16. The Morgan fingerprint density at radius 1 is 1.11 bits per heavy atom. The van der Waals surface area contributed by atoms with Crippen LogP contribution in [0.3, 0.4) is 0 Å². The fourth-order valence-corrected chi connectivity index (χ4v) is 2.08. The van der Waals surface area contributed by atoms with Crippen molar-refractivity contribution >= 4 is 11.0 Å². The molecule has 0 aliphatic rings. The van der Waals surface area contributed by atoms with Crippen molar-refractivity contribution in [2.75, 3.05) is 7.11 Å². The molecule has 0 atom stereocenters. The predicted molar refractivity (Wildman–Crippen MR) is 72.8 cm³/mol. The van der Waals surface area contributed by atoms with Crippen LogP contribution in [0.1, 0.15) is 5.56 Å². The van der Waals surface area contributed by atoms with E-state index in [2.05, 4.69) is 23.0 Å². The molecule has 18 heavy (non-hydrogen) atoms. The number of aromatic nitrogens is 2. The van der Waals surface area contributed by atoms with Crippen molar-refractivity contribution < 1.29 is 4.74 Å². The van der Waals surface area contributed by atoms with Gasteiger partial charge in [-0.3, -0.25) is 0 Å². The number of aromatic amines is 1. The summed E-state index contributed by atoms with van der Waals surface area (Å²) < 4.78 is 5.23. The molecule has 3 aromatic rings. The molecule has 0 saturated carbocycles. The molecular weight excluding hydrogens is 224 g/mol. The van der Waals surface area contributed by atoms with Gasteiger partial charge in [0.15, 0.2) is 0 Å². The third kappa shape index (κ3) is 1.74. The molecule has 0 radical (unpaired) electrons. The Bertz CT molecular complexity index is 701. The van der Waals surface area contributed by atoms with Crippen molar-refractivity contribution in [3.05, 3.63) is 48.0 Å². The zero-order valence-electron chi connectivity index (χ0n) is 10.4. The van der Waals surface area contributed by atoms with Crippen LogP contribution in [0.4, 0.5) is 0 Å². The molecule has 0 aliphatic heterocycles. The summed E-state index contributed by atoms with van der Waals surface area (Å²) in [6.45, 7) is 2.07. The van der Waals surface area contributed by atoms with Crippen molar-refractivity contribution in [1.29, 1.82) is 0 Å². The zero-order valence-corrected chi connectivity index (χ0v) is 10.4. The molecule has 0 fully saturated rings. The van der Waals surface area contributed by atoms with Crippen LogP contribution in [0, 0.1) is 6.92 Å². The van der Waals surface area contributed by atoms with Crippen LogP contribution in [0.15, 0.2) is 42.5 Å². The van der Waals surface area contributed by atoms with E-state index in [1.165, 1.54) is 5.56 Å². The monoisotopic (exact) mass is 238 g/mol. The fraction of sp³-hybridized carbons (Fsp3) is 0.133. The molecule has 0 unspecified atom stereocenters. The van der Waals surface area contributed by atoms with E-state index in [-0.39, 0.29) is 0 Å². The van der Waals surface area contributed by atoms with E-state index in [9.17, 15) is 0 Å². The van der Waals surface area contributed by atoms with E-state index in [0.717, 1.165) is 28.2 Å². The van der Waals surface area contributed by atoms with Crippen molar-refractivity contribution in [3.8, 4) is 17.1 Å². The summed E-state index contributed by atoms with van der Waals surface area (Å²) >= 11 is 0. The van der Waals surface area contributed by atoms with E-state index in [0.29, 0.717) is 0 Å². The largest absolute Gasteiger partial charge is 0.497 e. The summed E-state index contributed by atoms with van der Waals surface area (Å²) in [6, 6.07) is 14.0. The second kappa shape index (κ2) is 4.18. The van der Waals surface area contributed by atoms with Gasteiger partial charge < -0.3 is 9.72 Å². The molecule has 90 valence electrons. The number of rotatable bonds is 2. The van der Waals surface area contributed by atoms with Gasteiger partial charge in [-0.2, -0.15) is 0 Å². The van der Waals surface area contributed by atoms with Gasteiger partial charge in [0.25, 0.3) is 0 Å². The summed E-state index contributed by atoms with van der Waals surface area (Å²) in [6.07, 6.45) is 0. The first-order valence-electron chi connectivity index (χ1n) is 5.87. The molecule has 1 heterocycles. The first-order valence-corrected chi connectivity index (χ1v) is 5.87. The quantitative estimate of drug-likeness (QED) is 0.741. The van der Waals surface area contributed by atoms with Gasteiger partial charge >= 0.3 is 0 Å². The number of methoxy groups -OCH3 is 1. The van der Waals surface area contributed by atoms with Gasteiger partial charge in [0, 0.05) is 5.56 Å². The minimum Gasteiger partial charge on any atom is -0.497 e. The smallest absolute Gasteiger partial charge is 0.138 e. The van der Waals surface area contributed by atoms with Crippen molar-refractivity contribution in [3.63, 3.8) is 0 Å². The summed E-state index contributed by atoms with van der Waals surface area (Å²) in [5.41, 5.74) is 4.30. The Morgan fingerprint density at radius 3 is 2.72 bits per heavy atom. The number of hydrogen-bond donors (Lipinski definition) is 1. The second-order valence-corrected chi connectivity index (χ2v) is 4.29. The van der Waals surface area contributed by atoms with Crippen LogP contribution in [0.2, 0.25) is 0 Å². The van der Waals surface area contributed by atoms with Crippen molar-refractivity contribution in [2.24, 2.45) is 0 Å². The van der Waals surface area contributed by atoms with Crippen LogP contribution in [0.25, 0.3) is 22.4 Å². The highest BCUT2D eigenvalue weighted by atomic mass is 16.5. The molecule has 0 saturated heterocycles. The third-order valence-electron chi connectivity index (χ3n) is 3.06. The van der Waals surface area contributed by atoms with Crippen molar-refractivity contribution in [1.82, 2.24) is 9.97 Å². The standard InChI is InChI=1S/C15H14N2O/c1-10-5-3-8-13-14(10)17-15(16-13)11-6-4-7-12(9-11)18-2/h3-9H,1-2H3,(H,16,17). The van der Waals surface area contributed by atoms with Crippen LogP contribution >= 0.6 is 0 Å². The van der Waals surface area contributed by atoms with Gasteiger partial charge in [-0.15, -0.1) is 0 Å². The van der Waals surface area contributed by atoms with Crippen LogP contribution in [-0.2, 0) is 0 Å². The second-order valence-electron chi connectivity index (χ2n) is 4.29. The lowest BCUT2D eigenvalue weighted by Crippen LogP contribution is -1.84. The Hall–Kier alpha value is -2.29. The topological polar surface area (TPSA) is 37.9 Å². The zero-order chi connectivity index (χ0) is 12.5. The number of ether oxygens (including phenoxy) is 1. The van der Waals surface area contributed by atoms with E-state index >= 15 is 0 Å². The number of nitrogens with one attached hydrogen (secondary N) is 1. The Labute approximate surface area is 105 Å². The Kier molecular flexibility index (Phi) is 2.52. The number of nitrogens with zero attached hydrogens (tertiary/aromatic N) is 1. The summed E-state index contributed by atoms with van der Waals surface area (Å²) in [7, 11) is 1.67. The van der Waals surface area contributed by atoms with Gasteiger partial charge in [-0.25, -0.2) is 4.98 Å². The van der Waals surface area contributed by atoms with Gasteiger partial charge in [0.05, 0.1) is 18.1 Å². The number of benzene rings is 2. The molecule has 0 bridgehead atoms. The molecule has 3 nitrogen and oxygen atoms in total. The number of H-pyrrole nitrogens is 1. The van der Waals surface area contributed by atoms with Crippen molar-refractivity contribution in [2.45, 2.75) is 6.92 Å². The number of fused-ring (bicyclic) bond motifs is 1. The van der Waals surface area contributed by atoms with Crippen LogP contribution in [-0.4, -0.2) is 17.1 Å². The number of aryl methyl sites for hydroxylation is 1. The molecule has 0 spiro atoms. The van der Waals surface area contributed by atoms with Gasteiger partial charge in [-0.1, -0.05) is 24.3 Å². The molecule has 0 amide bonds. The summed E-state index contributed by atoms with van der Waals surface area (Å²) in [5, 5.41) is 0. The Morgan fingerprint density at radius 2 is 1.94 bits per heavy atom. The minimum absolute atomic E-state index is 0.838. The molecule has 2 aromatic carbocycles. The lowest BCUT2D eigenvalue weighted by atomic mass is 10.2. The molecule has 1 aromatic heterocycles. The molecule has 1 N–H and O–H groups in total. The highest BCUT2D eigenvalue weighted by Crippen LogP contribution is 2.25. The molecule has 0 aliphatic carbocycles. The van der Waals surface area contributed by atoms with E-state index < -0.39 is 0 Å². The molecular formula is C15H14N2O. The van der Waals surface area contributed by atoms with E-state index in [1.54, 1.807) is 7.11 Å². The molecule has 3 rings (SSSR count). The fourth-order valence-electron chi connectivity index (χ4n) is 2.08. The van der Waals surface area contributed by atoms with E-state index in [1.807, 2.05) is 36.4 Å². The SMILES string of the molecule is COc1cccc(-c2nc3c(C)cccc3[nH]2)c1. The first kappa shape index (κ1) is 10.8. The molecule has 3 heteroatoms. The number of para-hydroxylation sites is 1. The summed E-state index contributed by atoms with van der Waals surface area (Å²) in [5.74, 6) is 1.71. The van der Waals surface area contributed by atoms with Gasteiger partial charge in [0.2, 0.25) is 0 Å². The lowest BCUT2D eigenvalue weighted by molar-refractivity contribution is 0.415. The average Bonchev–Trinajstić information content (AvgIpc) is 2.84. The maximum atomic E-state index is 5.23. The maximum Gasteiger partial charge on any atom is 0.138 e.